The normalized spacial score (nSPS) is 20.2. The van der Waals surface area contributed by atoms with E-state index < -0.39 is 41.4 Å². The topological polar surface area (TPSA) is 266 Å². The summed E-state index contributed by atoms with van der Waals surface area (Å²) in [7, 11) is 2.71. The van der Waals surface area contributed by atoms with Crippen molar-refractivity contribution in [1.82, 2.24) is 35.0 Å². The molecule has 22 nitrogen and oxygen atoms in total. The Morgan fingerprint density at radius 1 is 0.559 bits per heavy atom. The molecule has 102 heavy (non-hydrogen) atoms. The van der Waals surface area contributed by atoms with Crippen molar-refractivity contribution in [1.29, 1.82) is 0 Å². The van der Waals surface area contributed by atoms with E-state index in [1.165, 1.54) is 25.5 Å². The Bertz CT molecular complexity index is 4690. The van der Waals surface area contributed by atoms with Crippen LogP contribution in [0.3, 0.4) is 0 Å². The number of aromatic amines is 3. The van der Waals surface area contributed by atoms with E-state index in [0.717, 1.165) is 115 Å². The predicted octanol–water partition coefficient (Wildman–Crippen LogP) is 13.3. The number of amides is 3. The van der Waals surface area contributed by atoms with Gasteiger partial charge in [0.05, 0.1) is 38.2 Å². The fraction of sp³-hybridized carbons (Fsp3) is 0.351. The molecule has 9 aromatic rings. The van der Waals surface area contributed by atoms with Gasteiger partial charge in [-0.1, -0.05) is 79.7 Å². The Kier molecular flexibility index (Phi) is 22.6. The first-order valence-electron chi connectivity index (χ1n) is 32.8. The number of methoxy groups -OCH3 is 2. The fourth-order valence-electron chi connectivity index (χ4n) is 14.8. The molecule has 28 heteroatoms. The molecule has 8 aliphatic rings. The monoisotopic (exact) mass is 1510 g/mol. The van der Waals surface area contributed by atoms with Crippen LogP contribution in [-0.2, 0) is 57.5 Å². The van der Waals surface area contributed by atoms with Crippen molar-refractivity contribution in [2.45, 2.75) is 108 Å². The molecule has 0 radical (unpaired) electrons. The third kappa shape index (κ3) is 14.5. The van der Waals surface area contributed by atoms with Gasteiger partial charge >= 0.3 is 11.9 Å². The van der Waals surface area contributed by atoms with E-state index in [1.807, 2.05) is 102 Å². The van der Waals surface area contributed by atoms with Crippen LogP contribution in [0.25, 0.3) is 32.7 Å². The number of esters is 2. The first kappa shape index (κ1) is 73.2. The number of aliphatic hydroxyl groups excluding tert-OH is 1. The smallest absolute Gasteiger partial charge is 0.328 e. The zero-order valence-electron chi connectivity index (χ0n) is 54.8. The number of carbonyl (C=O) groups excluding carboxylic acids is 6. The van der Waals surface area contributed by atoms with Gasteiger partial charge in [-0.05, 0) is 156 Å². The van der Waals surface area contributed by atoms with Gasteiger partial charge in [0.25, 0.3) is 0 Å². The van der Waals surface area contributed by atoms with Crippen molar-refractivity contribution >= 4 is 137 Å². The van der Waals surface area contributed by atoms with E-state index in [1.54, 1.807) is 24.0 Å². The summed E-state index contributed by atoms with van der Waals surface area (Å²) in [5.74, 6) is 2.50. The second kappa shape index (κ2) is 31.6. The summed E-state index contributed by atoms with van der Waals surface area (Å²) in [6.07, 6.45) is 6.67. The van der Waals surface area contributed by atoms with Gasteiger partial charge in [-0.15, -0.1) is 23.2 Å². The molecular weight excluding hydrogens is 1440 g/mol. The highest BCUT2D eigenvalue weighted by Crippen LogP contribution is 2.48. The van der Waals surface area contributed by atoms with Crippen LogP contribution in [0.2, 0.25) is 15.1 Å². The lowest BCUT2D eigenvalue weighted by Gasteiger charge is -2.49. The summed E-state index contributed by atoms with van der Waals surface area (Å²) >= 11 is 34.3. The molecule has 10 heterocycles. The maximum absolute atomic E-state index is 14.0. The molecule has 6 atom stereocenters. The van der Waals surface area contributed by atoms with E-state index >= 15 is 0 Å². The minimum Gasteiger partial charge on any atom is -0.468 e. The Morgan fingerprint density at radius 2 is 1.00 bits per heavy atom. The quantitative estimate of drug-likeness (QED) is 0.0538. The van der Waals surface area contributed by atoms with Gasteiger partial charge in [-0.25, -0.2) is 4.79 Å². The molecule has 536 valence electrons. The molecule has 5 N–H and O–H groups in total. The lowest BCUT2D eigenvalue weighted by Crippen LogP contribution is -2.65. The number of benzene rings is 6. The number of aliphatic hydroxyl groups is 1. The van der Waals surface area contributed by atoms with Crippen molar-refractivity contribution in [3.63, 3.8) is 0 Å². The summed E-state index contributed by atoms with van der Waals surface area (Å²) in [5, 5.41) is 15.3. The van der Waals surface area contributed by atoms with Gasteiger partial charge in [-0.2, -0.15) is 0 Å². The van der Waals surface area contributed by atoms with E-state index in [2.05, 4.69) is 20.3 Å². The highest BCUT2D eigenvalue weighted by atomic mass is 35.5. The number of ether oxygens (including phenoxy) is 8. The number of nitrogens with zero attached hydrogens (tertiary/aromatic N) is 3. The average Bonchev–Trinajstić information content (AvgIpc) is 1.46. The Labute approximate surface area is 616 Å². The Hall–Kier alpha value is -8.58. The van der Waals surface area contributed by atoms with Crippen molar-refractivity contribution in [3.05, 3.63) is 175 Å². The van der Waals surface area contributed by atoms with Crippen LogP contribution in [0, 0.1) is 0 Å². The molecule has 1 saturated carbocycles. The minimum absolute atomic E-state index is 0. The van der Waals surface area contributed by atoms with Gasteiger partial charge in [0, 0.05) is 96.8 Å². The number of nitrogens with one attached hydrogen (secondary N) is 4. The molecule has 6 unspecified atom stereocenters. The molecule has 17 rings (SSSR count). The molecule has 3 amide bonds. The van der Waals surface area contributed by atoms with Crippen LogP contribution < -0.4 is 33.7 Å². The SMILES string of the molecule is C.CCO.COC(=O)C1Cc2c([nH]c3ccc(Cl)cc23)C(c2ccc3c(c2)OCO3)N1.COC(=O)C1Cc2c([nH]c3ccc(Cl)cc23)C(c2ccc3c(c2)OCO3)N1C(=O)CCl.O=C(Cl)CCl.O=C1C2Cc3c([nH]c4ccc(Cl)cc34)C(c3ccc4c(c3)OCO4)N2C(=O)CN1C1CCCCC1. The molecule has 1 aliphatic carbocycles. The molecule has 7 aliphatic heterocycles. The molecule has 3 aromatic heterocycles. The average molecular weight is 1510 g/mol. The summed E-state index contributed by atoms with van der Waals surface area (Å²) in [6.45, 7) is 2.61. The zero-order valence-corrected chi connectivity index (χ0v) is 59.3. The molecule has 0 spiro atoms. The highest BCUT2D eigenvalue weighted by Gasteiger charge is 2.50. The van der Waals surface area contributed by atoms with Crippen molar-refractivity contribution in [2.24, 2.45) is 0 Å². The van der Waals surface area contributed by atoms with Gasteiger partial charge < -0.3 is 72.7 Å². The van der Waals surface area contributed by atoms with E-state index in [-0.39, 0.29) is 94.9 Å². The van der Waals surface area contributed by atoms with Crippen LogP contribution in [0.5, 0.6) is 34.5 Å². The lowest BCUT2D eigenvalue weighted by molar-refractivity contribution is -0.161. The van der Waals surface area contributed by atoms with Crippen LogP contribution in [0.15, 0.2) is 109 Å². The number of hydrogen-bond acceptors (Lipinski definition) is 16. The second-order valence-corrected chi connectivity index (χ2v) is 27.2. The number of carbonyl (C=O) groups is 6. The third-order valence-electron chi connectivity index (χ3n) is 19.1. The number of halogens is 6. The van der Waals surface area contributed by atoms with Crippen molar-refractivity contribution in [2.75, 3.05) is 59.5 Å². The van der Waals surface area contributed by atoms with Crippen molar-refractivity contribution in [3.8, 4) is 34.5 Å². The van der Waals surface area contributed by atoms with Crippen LogP contribution in [0.4, 0.5) is 0 Å². The molecule has 2 fully saturated rings. The molecule has 0 bridgehead atoms. The predicted molar refractivity (Wildman–Crippen MR) is 387 cm³/mol. The Balaban J connectivity index is 0.000000137. The van der Waals surface area contributed by atoms with Gasteiger partial charge in [0.15, 0.2) is 34.5 Å². The largest absolute Gasteiger partial charge is 0.468 e. The van der Waals surface area contributed by atoms with Crippen molar-refractivity contribution < 1.29 is 71.8 Å². The van der Waals surface area contributed by atoms with E-state index in [0.29, 0.717) is 56.7 Å². The number of alkyl halides is 2. The maximum atomic E-state index is 14.0. The van der Waals surface area contributed by atoms with E-state index in [4.69, 9.17) is 113 Å². The summed E-state index contributed by atoms with van der Waals surface area (Å²) < 4.78 is 43.1. The Morgan fingerprint density at radius 3 is 1.49 bits per heavy atom. The number of fused-ring (bicyclic) bond motifs is 13. The van der Waals surface area contributed by atoms with Crippen LogP contribution in [-0.4, -0.2) is 153 Å². The number of rotatable bonds is 8. The summed E-state index contributed by atoms with van der Waals surface area (Å²) in [5.41, 5.74) is 11.2. The number of aromatic nitrogens is 3. The summed E-state index contributed by atoms with van der Waals surface area (Å²) in [4.78, 5) is 90.8. The molecule has 6 aromatic carbocycles. The number of hydrogen-bond donors (Lipinski definition) is 5. The maximum Gasteiger partial charge on any atom is 0.328 e. The molecule has 1 saturated heterocycles. The van der Waals surface area contributed by atoms with Gasteiger partial charge in [-0.3, -0.25) is 29.3 Å². The third-order valence-corrected chi connectivity index (χ3v) is 20.6. The first-order chi connectivity index (χ1) is 48.9. The van der Waals surface area contributed by atoms with Crippen LogP contribution in [0.1, 0.15) is 115 Å². The van der Waals surface area contributed by atoms with E-state index in [9.17, 15) is 28.8 Å². The first-order valence-corrected chi connectivity index (χ1v) is 35.3. The zero-order chi connectivity index (χ0) is 70.9. The van der Waals surface area contributed by atoms with Crippen LogP contribution >= 0.6 is 69.6 Å². The number of piperazine rings is 1. The summed E-state index contributed by atoms with van der Waals surface area (Å²) in [6, 6.07) is 31.2. The standard InChI is InChI=1S/C27H26ClN3O4.C22H18Cl2N2O5.C20H17ClN2O4.C2H2Cl2O.C2H6O.CH4/c28-16-7-8-20-18(11-16)19-12-21-27(33)30(17-4-2-1-3-5-17)13-24(32)31(21)26(25(19)29-20)15-6-9-22-23(10-15)35-14-34-22;1-29-22(28)16-8-14-13-7-12(24)3-4-15(13)25-20(14)21(26(16)19(27)9-23)11-2-5-17-18(6-11)31-10-30-17;1-25-20(24)15-8-13-12-7-11(21)3-4-14(12)22-19(13)18(23-15)10-2-5-16-17(6-10)27-9-26-16;3-1-2(4)5;1-2-3;/h6-11,17,21,26,29H,1-5,12-14H2;2-7,16,21,25H,8-10H2,1H3;2-7,15,18,22-23H,8-9H2,1H3;1H2;3H,2H2,1H3;1H4. The minimum atomic E-state index is -0.836. The highest BCUT2D eigenvalue weighted by molar-refractivity contribution is 6.67. The number of H-pyrrole nitrogens is 3. The lowest BCUT2D eigenvalue weighted by atomic mass is 9.85. The fourth-order valence-corrected chi connectivity index (χ4v) is 15.4. The van der Waals surface area contributed by atoms with Gasteiger partial charge in [0.1, 0.15) is 30.6 Å². The van der Waals surface area contributed by atoms with Gasteiger partial charge in [0.2, 0.25) is 43.3 Å². The second-order valence-electron chi connectivity index (χ2n) is 24.9. The molecular formula is C74H73Cl6N7O15.